The van der Waals surface area contributed by atoms with E-state index in [-0.39, 0.29) is 11.8 Å². The van der Waals surface area contributed by atoms with Gasteiger partial charge in [-0.05, 0) is 43.6 Å². The van der Waals surface area contributed by atoms with Gasteiger partial charge in [0.1, 0.15) is 18.1 Å². The second-order valence-corrected chi connectivity index (χ2v) is 9.25. The van der Waals surface area contributed by atoms with E-state index in [1.54, 1.807) is 0 Å². The van der Waals surface area contributed by atoms with Gasteiger partial charge in [0.2, 0.25) is 17.7 Å². The minimum atomic E-state index is -1.17. The SMILES string of the molecule is CC(C)CC(NC(=O)C(N)Cc1ccccc1)C(=O)NC(CC(C)C)C(=O)NC(C)C(=O)O. The van der Waals surface area contributed by atoms with Crippen LogP contribution in [-0.2, 0) is 25.6 Å². The molecule has 0 heterocycles. The van der Waals surface area contributed by atoms with Crippen LogP contribution in [0.15, 0.2) is 30.3 Å². The van der Waals surface area contributed by atoms with Crippen LogP contribution in [0.3, 0.4) is 0 Å². The molecule has 184 valence electrons. The molecule has 1 aromatic carbocycles. The fraction of sp³-hybridized carbons (Fsp3) is 0.583. The average molecular weight is 463 g/mol. The zero-order chi connectivity index (χ0) is 25.1. The normalized spacial score (nSPS) is 14.8. The number of nitrogens with two attached hydrogens (primary N) is 1. The minimum Gasteiger partial charge on any atom is -0.480 e. The molecule has 0 fully saturated rings. The number of amides is 3. The Bertz CT molecular complexity index is 797. The van der Waals surface area contributed by atoms with Gasteiger partial charge in [-0.1, -0.05) is 58.0 Å². The summed E-state index contributed by atoms with van der Waals surface area (Å²) in [6.07, 6.45) is 1.01. The molecule has 9 nitrogen and oxygen atoms in total. The van der Waals surface area contributed by atoms with Crippen molar-refractivity contribution < 1.29 is 24.3 Å². The maximum atomic E-state index is 13.0. The average Bonchev–Trinajstić information content (AvgIpc) is 2.72. The van der Waals surface area contributed by atoms with E-state index in [2.05, 4.69) is 16.0 Å². The molecule has 0 bridgehead atoms. The van der Waals surface area contributed by atoms with E-state index < -0.39 is 47.9 Å². The Hall–Kier alpha value is -2.94. The first-order chi connectivity index (χ1) is 15.4. The van der Waals surface area contributed by atoms with Crippen LogP contribution in [0.2, 0.25) is 0 Å². The van der Waals surface area contributed by atoms with Gasteiger partial charge >= 0.3 is 5.97 Å². The lowest BCUT2D eigenvalue weighted by Crippen LogP contribution is -2.57. The summed E-state index contributed by atoms with van der Waals surface area (Å²) in [7, 11) is 0. The second-order valence-electron chi connectivity index (χ2n) is 9.25. The molecule has 0 aliphatic carbocycles. The number of hydrogen-bond acceptors (Lipinski definition) is 5. The minimum absolute atomic E-state index is 0.0682. The summed E-state index contributed by atoms with van der Waals surface area (Å²) in [5.41, 5.74) is 6.97. The van der Waals surface area contributed by atoms with E-state index >= 15 is 0 Å². The fourth-order valence-corrected chi connectivity index (χ4v) is 3.29. The Morgan fingerprint density at radius 1 is 0.788 bits per heavy atom. The Kier molecular flexibility index (Phi) is 11.6. The molecule has 33 heavy (non-hydrogen) atoms. The first-order valence-electron chi connectivity index (χ1n) is 11.3. The number of rotatable bonds is 13. The third-order valence-corrected chi connectivity index (χ3v) is 5.04. The van der Waals surface area contributed by atoms with Gasteiger partial charge in [-0.3, -0.25) is 19.2 Å². The van der Waals surface area contributed by atoms with Crippen molar-refractivity contribution in [2.24, 2.45) is 17.6 Å². The third kappa shape index (κ3) is 10.5. The van der Waals surface area contributed by atoms with Crippen molar-refractivity contribution in [3.05, 3.63) is 35.9 Å². The van der Waals surface area contributed by atoms with E-state index in [0.29, 0.717) is 19.3 Å². The molecular weight excluding hydrogens is 424 g/mol. The number of nitrogens with one attached hydrogen (secondary N) is 3. The highest BCUT2D eigenvalue weighted by molar-refractivity contribution is 5.94. The number of carboxylic acids is 1. The van der Waals surface area contributed by atoms with E-state index in [1.807, 2.05) is 58.0 Å². The summed E-state index contributed by atoms with van der Waals surface area (Å²) in [5.74, 6) is -2.55. The number of benzene rings is 1. The van der Waals surface area contributed by atoms with E-state index in [4.69, 9.17) is 10.8 Å². The standard InChI is InChI=1S/C24H38N4O5/c1-14(2)11-19(22(30)26-16(5)24(32)33)28-23(31)20(12-15(3)4)27-21(29)18(25)13-17-9-7-6-8-10-17/h6-10,14-16,18-20H,11-13,25H2,1-5H3,(H,26,30)(H,27,29)(H,28,31)(H,32,33). The number of aliphatic carboxylic acids is 1. The lowest BCUT2D eigenvalue weighted by molar-refractivity contribution is -0.142. The predicted molar refractivity (Wildman–Crippen MR) is 126 cm³/mol. The van der Waals surface area contributed by atoms with Crippen LogP contribution >= 0.6 is 0 Å². The largest absolute Gasteiger partial charge is 0.480 e. The number of carboxylic acid groups (broad SMARTS) is 1. The van der Waals surface area contributed by atoms with Crippen molar-refractivity contribution in [2.75, 3.05) is 0 Å². The zero-order valence-corrected chi connectivity index (χ0v) is 20.1. The van der Waals surface area contributed by atoms with Crippen LogP contribution < -0.4 is 21.7 Å². The van der Waals surface area contributed by atoms with Crippen LogP contribution in [0.25, 0.3) is 0 Å². The lowest BCUT2D eigenvalue weighted by atomic mass is 9.99. The van der Waals surface area contributed by atoms with Gasteiger partial charge in [0.05, 0.1) is 6.04 Å². The predicted octanol–water partition coefficient (Wildman–Crippen LogP) is 1.21. The van der Waals surface area contributed by atoms with Crippen molar-refractivity contribution in [3.63, 3.8) is 0 Å². The van der Waals surface area contributed by atoms with E-state index in [9.17, 15) is 19.2 Å². The van der Waals surface area contributed by atoms with Gasteiger partial charge in [-0.2, -0.15) is 0 Å². The number of carbonyl (C=O) groups excluding carboxylic acids is 3. The molecule has 4 unspecified atom stereocenters. The Morgan fingerprint density at radius 3 is 1.70 bits per heavy atom. The highest BCUT2D eigenvalue weighted by Crippen LogP contribution is 2.10. The highest BCUT2D eigenvalue weighted by atomic mass is 16.4. The van der Waals surface area contributed by atoms with Crippen molar-refractivity contribution in [1.29, 1.82) is 0 Å². The van der Waals surface area contributed by atoms with Gasteiger partial charge in [0, 0.05) is 0 Å². The van der Waals surface area contributed by atoms with Gasteiger partial charge in [0.15, 0.2) is 0 Å². The first-order valence-corrected chi connectivity index (χ1v) is 11.3. The van der Waals surface area contributed by atoms with Crippen LogP contribution in [0.1, 0.15) is 53.0 Å². The third-order valence-electron chi connectivity index (χ3n) is 5.04. The smallest absolute Gasteiger partial charge is 0.325 e. The van der Waals surface area contributed by atoms with Crippen LogP contribution in [-0.4, -0.2) is 53.0 Å². The number of hydrogen-bond donors (Lipinski definition) is 5. The maximum absolute atomic E-state index is 13.0. The summed E-state index contributed by atoms with van der Waals surface area (Å²) in [6.45, 7) is 8.98. The Morgan fingerprint density at radius 2 is 1.24 bits per heavy atom. The molecule has 1 rings (SSSR count). The molecule has 3 amide bonds. The van der Waals surface area contributed by atoms with Gasteiger partial charge in [-0.15, -0.1) is 0 Å². The molecule has 4 atom stereocenters. The van der Waals surface area contributed by atoms with Crippen molar-refractivity contribution in [3.8, 4) is 0 Å². The molecule has 6 N–H and O–H groups in total. The monoisotopic (exact) mass is 462 g/mol. The van der Waals surface area contributed by atoms with Crippen molar-refractivity contribution >= 4 is 23.7 Å². The van der Waals surface area contributed by atoms with E-state index in [1.165, 1.54) is 6.92 Å². The fourth-order valence-electron chi connectivity index (χ4n) is 3.29. The van der Waals surface area contributed by atoms with Crippen molar-refractivity contribution in [1.82, 2.24) is 16.0 Å². The lowest BCUT2D eigenvalue weighted by Gasteiger charge is -2.26. The molecule has 9 heteroatoms. The zero-order valence-electron chi connectivity index (χ0n) is 20.1. The van der Waals surface area contributed by atoms with Gasteiger partial charge in [0.25, 0.3) is 0 Å². The molecule has 0 radical (unpaired) electrons. The summed E-state index contributed by atoms with van der Waals surface area (Å²) in [5, 5.41) is 16.9. The molecule has 0 aliphatic rings. The molecule has 0 spiro atoms. The molecular formula is C24H38N4O5. The second kappa shape index (κ2) is 13.6. The molecule has 0 saturated carbocycles. The van der Waals surface area contributed by atoms with Crippen LogP contribution in [0.4, 0.5) is 0 Å². The summed E-state index contributed by atoms with van der Waals surface area (Å²) in [6, 6.07) is 5.62. The first kappa shape index (κ1) is 28.1. The Labute approximate surface area is 195 Å². The van der Waals surface area contributed by atoms with Gasteiger partial charge in [-0.25, -0.2) is 0 Å². The van der Waals surface area contributed by atoms with Crippen LogP contribution in [0.5, 0.6) is 0 Å². The van der Waals surface area contributed by atoms with Crippen molar-refractivity contribution in [2.45, 2.75) is 78.0 Å². The highest BCUT2D eigenvalue weighted by Gasteiger charge is 2.30. The molecule has 0 aromatic heterocycles. The van der Waals surface area contributed by atoms with Gasteiger partial charge < -0.3 is 26.8 Å². The Balaban J connectivity index is 2.90. The molecule has 0 aliphatic heterocycles. The summed E-state index contributed by atoms with van der Waals surface area (Å²) >= 11 is 0. The summed E-state index contributed by atoms with van der Waals surface area (Å²) in [4.78, 5) is 49.4. The van der Waals surface area contributed by atoms with Crippen LogP contribution in [0, 0.1) is 11.8 Å². The molecule has 1 aromatic rings. The molecule has 0 saturated heterocycles. The quantitative estimate of drug-likeness (QED) is 0.297. The van der Waals surface area contributed by atoms with E-state index in [0.717, 1.165) is 5.56 Å². The topological polar surface area (TPSA) is 151 Å². The number of carbonyl (C=O) groups is 4. The summed E-state index contributed by atoms with van der Waals surface area (Å²) < 4.78 is 0. The maximum Gasteiger partial charge on any atom is 0.325 e.